The first-order valence-corrected chi connectivity index (χ1v) is 7.88. The lowest BCUT2D eigenvalue weighted by molar-refractivity contribution is 0.591. The third kappa shape index (κ3) is 3.31. The van der Waals surface area contributed by atoms with Crippen LogP contribution < -0.4 is 0 Å². The highest BCUT2D eigenvalue weighted by Gasteiger charge is 2.17. The summed E-state index contributed by atoms with van der Waals surface area (Å²) in [6.07, 6.45) is 1.46. The van der Waals surface area contributed by atoms with E-state index in [4.69, 9.17) is 11.6 Å². The van der Waals surface area contributed by atoms with Crippen molar-refractivity contribution < 1.29 is 8.42 Å². The average Bonchev–Trinajstić information content (AvgIpc) is 2.32. The third-order valence-corrected chi connectivity index (χ3v) is 4.60. The van der Waals surface area contributed by atoms with Crippen molar-refractivity contribution >= 4 is 37.4 Å². The Labute approximate surface area is 119 Å². The van der Waals surface area contributed by atoms with Crippen molar-refractivity contribution in [1.29, 1.82) is 0 Å². The molecular weight excluding hydrogens is 338 g/mol. The molecule has 3 nitrogen and oxygen atoms in total. The largest absolute Gasteiger partial charge is 0.245 e. The number of hydrogen-bond acceptors (Lipinski definition) is 3. The van der Waals surface area contributed by atoms with Crippen molar-refractivity contribution in [3.8, 4) is 0 Å². The number of benzene rings is 1. The van der Waals surface area contributed by atoms with Gasteiger partial charge in [-0.1, -0.05) is 39.7 Å². The minimum atomic E-state index is -3.43. The Balaban J connectivity index is 2.30. The van der Waals surface area contributed by atoms with Crippen LogP contribution >= 0.6 is 27.5 Å². The molecule has 2 aromatic rings. The molecule has 0 spiro atoms. The van der Waals surface area contributed by atoms with Gasteiger partial charge in [0.15, 0.2) is 14.9 Å². The van der Waals surface area contributed by atoms with E-state index in [9.17, 15) is 8.42 Å². The van der Waals surface area contributed by atoms with Gasteiger partial charge >= 0.3 is 0 Å². The summed E-state index contributed by atoms with van der Waals surface area (Å²) in [6.45, 7) is 0. The molecule has 0 aliphatic heterocycles. The molecule has 0 amide bonds. The van der Waals surface area contributed by atoms with Gasteiger partial charge in [-0.3, -0.25) is 0 Å². The van der Waals surface area contributed by atoms with Crippen molar-refractivity contribution in [2.24, 2.45) is 0 Å². The Morgan fingerprint density at radius 2 is 1.83 bits per heavy atom. The van der Waals surface area contributed by atoms with Crippen LogP contribution in [-0.2, 0) is 15.6 Å². The summed E-state index contributed by atoms with van der Waals surface area (Å²) in [6, 6.07) is 9.89. The summed E-state index contributed by atoms with van der Waals surface area (Å²) < 4.78 is 24.9. The summed E-state index contributed by atoms with van der Waals surface area (Å²) in [7, 11) is -3.43. The van der Waals surface area contributed by atoms with E-state index in [-0.39, 0.29) is 10.8 Å². The van der Waals surface area contributed by atoms with Crippen molar-refractivity contribution in [2.75, 3.05) is 0 Å². The molecule has 0 bridgehead atoms. The van der Waals surface area contributed by atoms with Crippen LogP contribution in [0.2, 0.25) is 5.02 Å². The van der Waals surface area contributed by atoms with Crippen LogP contribution in [0.4, 0.5) is 0 Å². The summed E-state index contributed by atoms with van der Waals surface area (Å²) in [5.41, 5.74) is 0.682. The van der Waals surface area contributed by atoms with Crippen molar-refractivity contribution in [2.45, 2.75) is 10.8 Å². The molecule has 0 aliphatic rings. The SMILES string of the molecule is O=S(=O)(Cc1ccc(Cl)cc1)c1cc(Br)ccn1. The normalized spacial score (nSPS) is 11.4. The summed E-state index contributed by atoms with van der Waals surface area (Å²) >= 11 is 8.98. The number of sulfone groups is 1. The first-order chi connectivity index (χ1) is 8.47. The van der Waals surface area contributed by atoms with Gasteiger partial charge in [0.1, 0.15) is 0 Å². The molecule has 1 heterocycles. The number of aromatic nitrogens is 1. The Morgan fingerprint density at radius 3 is 2.44 bits per heavy atom. The van der Waals surface area contributed by atoms with Crippen molar-refractivity contribution in [1.82, 2.24) is 4.98 Å². The molecule has 6 heteroatoms. The van der Waals surface area contributed by atoms with E-state index < -0.39 is 9.84 Å². The van der Waals surface area contributed by atoms with E-state index in [0.717, 1.165) is 0 Å². The molecule has 0 saturated heterocycles. The number of pyridine rings is 1. The fraction of sp³-hybridized carbons (Fsp3) is 0.0833. The van der Waals surface area contributed by atoms with Gasteiger partial charge in [0.25, 0.3) is 0 Å². The van der Waals surface area contributed by atoms with Crippen LogP contribution in [0.3, 0.4) is 0 Å². The molecule has 1 aromatic carbocycles. The number of rotatable bonds is 3. The molecule has 0 N–H and O–H groups in total. The smallest absolute Gasteiger partial charge is 0.199 e. The lowest BCUT2D eigenvalue weighted by Gasteiger charge is -2.04. The van der Waals surface area contributed by atoms with Gasteiger partial charge in [-0.15, -0.1) is 0 Å². The minimum absolute atomic E-state index is 0.0619. The van der Waals surface area contributed by atoms with Crippen molar-refractivity contribution in [3.05, 3.63) is 57.7 Å². The number of nitrogens with zero attached hydrogens (tertiary/aromatic N) is 1. The first-order valence-electron chi connectivity index (χ1n) is 5.06. The molecule has 0 unspecified atom stereocenters. The van der Waals surface area contributed by atoms with Crippen LogP contribution in [0.1, 0.15) is 5.56 Å². The monoisotopic (exact) mass is 345 g/mol. The maximum absolute atomic E-state index is 12.1. The quantitative estimate of drug-likeness (QED) is 0.855. The second-order valence-electron chi connectivity index (χ2n) is 3.70. The van der Waals surface area contributed by atoms with Crippen LogP contribution in [0, 0.1) is 0 Å². The van der Waals surface area contributed by atoms with E-state index in [1.807, 2.05) is 0 Å². The highest BCUT2D eigenvalue weighted by molar-refractivity contribution is 9.10. The maximum atomic E-state index is 12.1. The van der Waals surface area contributed by atoms with E-state index in [0.29, 0.717) is 15.1 Å². The molecule has 94 valence electrons. The molecule has 0 aliphatic carbocycles. The third-order valence-electron chi connectivity index (χ3n) is 2.29. The molecular formula is C12H9BrClNO2S. The van der Waals surface area contributed by atoms with Crippen molar-refractivity contribution in [3.63, 3.8) is 0 Å². The Kier molecular flexibility index (Phi) is 4.04. The molecule has 0 fully saturated rings. The minimum Gasteiger partial charge on any atom is -0.245 e. The average molecular weight is 347 g/mol. The predicted molar refractivity (Wildman–Crippen MR) is 74.3 cm³/mol. The second kappa shape index (κ2) is 5.38. The molecule has 0 saturated carbocycles. The number of halogens is 2. The zero-order chi connectivity index (χ0) is 13.2. The second-order valence-corrected chi connectivity index (χ2v) is 6.99. The molecule has 18 heavy (non-hydrogen) atoms. The Bertz CT molecular complexity index is 656. The van der Waals surface area contributed by atoms with Gasteiger partial charge in [-0.05, 0) is 29.8 Å². The van der Waals surface area contributed by atoms with Gasteiger partial charge in [-0.2, -0.15) is 0 Å². The summed E-state index contributed by atoms with van der Waals surface area (Å²) in [5, 5.41) is 0.642. The van der Waals surface area contributed by atoms with E-state index in [1.165, 1.54) is 12.3 Å². The highest BCUT2D eigenvalue weighted by Crippen LogP contribution is 2.19. The van der Waals surface area contributed by atoms with E-state index in [2.05, 4.69) is 20.9 Å². The fourth-order valence-corrected chi connectivity index (χ4v) is 3.35. The highest BCUT2D eigenvalue weighted by atomic mass is 79.9. The molecule has 1 aromatic heterocycles. The van der Waals surface area contributed by atoms with Gasteiger partial charge in [0, 0.05) is 15.7 Å². The van der Waals surface area contributed by atoms with E-state index in [1.54, 1.807) is 30.3 Å². The summed E-state index contributed by atoms with van der Waals surface area (Å²) in [5.74, 6) is -0.0897. The maximum Gasteiger partial charge on any atom is 0.199 e. The lowest BCUT2D eigenvalue weighted by Crippen LogP contribution is -2.06. The molecule has 0 atom stereocenters. The van der Waals surface area contributed by atoms with Crippen LogP contribution in [0.25, 0.3) is 0 Å². The lowest BCUT2D eigenvalue weighted by atomic mass is 10.2. The number of hydrogen-bond donors (Lipinski definition) is 0. The van der Waals surface area contributed by atoms with Gasteiger partial charge < -0.3 is 0 Å². The van der Waals surface area contributed by atoms with E-state index >= 15 is 0 Å². The Hall–Kier alpha value is -0.910. The topological polar surface area (TPSA) is 47.0 Å². The van der Waals surface area contributed by atoms with Crippen LogP contribution in [0.15, 0.2) is 52.1 Å². The zero-order valence-corrected chi connectivity index (χ0v) is 12.3. The van der Waals surface area contributed by atoms with Crippen LogP contribution in [0.5, 0.6) is 0 Å². The van der Waals surface area contributed by atoms with Gasteiger partial charge in [0.2, 0.25) is 0 Å². The standard InChI is InChI=1S/C12H9BrClNO2S/c13-10-5-6-15-12(7-10)18(16,17)8-9-1-3-11(14)4-2-9/h1-7H,8H2. The molecule has 0 radical (unpaired) electrons. The van der Waals surface area contributed by atoms with Gasteiger partial charge in [0.05, 0.1) is 5.75 Å². The fourth-order valence-electron chi connectivity index (χ4n) is 1.43. The van der Waals surface area contributed by atoms with Gasteiger partial charge in [-0.25, -0.2) is 13.4 Å². The summed E-state index contributed by atoms with van der Waals surface area (Å²) in [4.78, 5) is 3.88. The Morgan fingerprint density at radius 1 is 1.17 bits per heavy atom. The van der Waals surface area contributed by atoms with Crippen LogP contribution in [-0.4, -0.2) is 13.4 Å². The molecule has 2 rings (SSSR count). The predicted octanol–water partition coefficient (Wildman–Crippen LogP) is 3.47. The zero-order valence-electron chi connectivity index (χ0n) is 9.18. The first kappa shape index (κ1) is 13.5.